The summed E-state index contributed by atoms with van der Waals surface area (Å²) in [6.07, 6.45) is 6.83. The summed E-state index contributed by atoms with van der Waals surface area (Å²) in [7, 11) is 0. The standard InChI is InChI=1S/C21H29N7O2/c1-3-26-14-25-18-19(26)23-13-24-20(18)27-10-8-22-17(29)7-9-28(12-11-27)21(30)15(2)16-5-4-6-16/h13-14H,3-12H2,1-2H3,(H,22,29). The number of aryl methyl sites for hydroxylation is 1. The van der Waals surface area contributed by atoms with E-state index in [4.69, 9.17) is 0 Å². The molecule has 0 atom stereocenters. The number of rotatable bonds is 3. The largest absolute Gasteiger partial charge is 0.354 e. The van der Waals surface area contributed by atoms with Crippen LogP contribution in [0.4, 0.5) is 5.82 Å². The molecule has 160 valence electrons. The van der Waals surface area contributed by atoms with Crippen molar-refractivity contribution in [3.05, 3.63) is 23.8 Å². The van der Waals surface area contributed by atoms with Crippen LogP contribution in [0.2, 0.25) is 0 Å². The van der Waals surface area contributed by atoms with Gasteiger partial charge in [-0.3, -0.25) is 9.59 Å². The first-order chi connectivity index (χ1) is 14.6. The van der Waals surface area contributed by atoms with Gasteiger partial charge in [0.1, 0.15) is 6.33 Å². The molecule has 0 spiro atoms. The van der Waals surface area contributed by atoms with Crippen molar-refractivity contribution >= 4 is 28.8 Å². The van der Waals surface area contributed by atoms with Gasteiger partial charge in [0.15, 0.2) is 17.0 Å². The highest BCUT2D eigenvalue weighted by molar-refractivity contribution is 5.94. The molecule has 30 heavy (non-hydrogen) atoms. The van der Waals surface area contributed by atoms with Gasteiger partial charge in [0.05, 0.1) is 6.33 Å². The Hall–Kier alpha value is -2.97. The van der Waals surface area contributed by atoms with Crippen LogP contribution in [0.3, 0.4) is 0 Å². The molecule has 1 N–H and O–H groups in total. The van der Waals surface area contributed by atoms with Gasteiger partial charge in [-0.15, -0.1) is 0 Å². The minimum atomic E-state index is -0.0355. The van der Waals surface area contributed by atoms with Crippen molar-refractivity contribution in [2.75, 3.05) is 37.6 Å². The molecule has 2 aromatic heterocycles. The number of anilines is 1. The number of imidazole rings is 1. The Labute approximate surface area is 176 Å². The fraction of sp³-hybridized carbons (Fsp3) is 0.571. The molecule has 2 aromatic rings. The minimum absolute atomic E-state index is 0.0355. The number of fused-ring (bicyclic) bond motifs is 1. The van der Waals surface area contributed by atoms with Crippen molar-refractivity contribution in [1.29, 1.82) is 0 Å². The number of hydrogen-bond donors (Lipinski definition) is 1. The van der Waals surface area contributed by atoms with E-state index in [1.807, 2.05) is 23.3 Å². The Balaban J connectivity index is 1.59. The van der Waals surface area contributed by atoms with Crippen LogP contribution in [0.25, 0.3) is 11.2 Å². The molecular formula is C21H29N7O2. The first-order valence-electron chi connectivity index (χ1n) is 10.7. The fourth-order valence-corrected chi connectivity index (χ4v) is 3.98. The number of amides is 2. The third-order valence-electron chi connectivity index (χ3n) is 6.07. The fourth-order valence-electron chi connectivity index (χ4n) is 3.98. The molecule has 0 radical (unpaired) electrons. The monoisotopic (exact) mass is 411 g/mol. The zero-order valence-electron chi connectivity index (χ0n) is 17.7. The SMILES string of the molecule is CCn1cnc2c(N3CCNC(=O)CCN(C(=O)C(C)=C4CCC4)CC3)ncnc21. The lowest BCUT2D eigenvalue weighted by atomic mass is 9.88. The maximum absolute atomic E-state index is 13.1. The second-order valence-corrected chi connectivity index (χ2v) is 7.86. The number of nitrogens with zero attached hydrogens (tertiary/aromatic N) is 6. The molecule has 4 rings (SSSR count). The van der Waals surface area contributed by atoms with Crippen LogP contribution in [0.5, 0.6) is 0 Å². The van der Waals surface area contributed by atoms with Crippen LogP contribution in [-0.2, 0) is 16.1 Å². The van der Waals surface area contributed by atoms with Crippen LogP contribution in [0, 0.1) is 0 Å². The Bertz CT molecular complexity index is 975. The van der Waals surface area contributed by atoms with Gasteiger partial charge in [0, 0.05) is 51.3 Å². The van der Waals surface area contributed by atoms with Crippen LogP contribution in [0.1, 0.15) is 39.5 Å². The maximum atomic E-state index is 13.1. The summed E-state index contributed by atoms with van der Waals surface area (Å²) < 4.78 is 1.98. The molecule has 3 heterocycles. The molecule has 0 bridgehead atoms. The first kappa shape index (κ1) is 20.3. The number of allylic oxidation sites excluding steroid dienone is 1. The molecule has 1 aliphatic heterocycles. The van der Waals surface area contributed by atoms with E-state index in [0.29, 0.717) is 39.1 Å². The Kier molecular flexibility index (Phi) is 5.96. The number of hydrogen-bond acceptors (Lipinski definition) is 6. The summed E-state index contributed by atoms with van der Waals surface area (Å²) in [5.74, 6) is 0.747. The van der Waals surface area contributed by atoms with Gasteiger partial charge in [-0.25, -0.2) is 15.0 Å². The summed E-state index contributed by atoms with van der Waals surface area (Å²) in [4.78, 5) is 42.6. The smallest absolute Gasteiger partial charge is 0.249 e. The van der Waals surface area contributed by atoms with E-state index in [-0.39, 0.29) is 11.8 Å². The van der Waals surface area contributed by atoms with Gasteiger partial charge in [-0.05, 0) is 33.1 Å². The lowest BCUT2D eigenvalue weighted by Crippen LogP contribution is -2.45. The molecule has 1 aliphatic carbocycles. The number of nitrogens with one attached hydrogen (secondary N) is 1. The van der Waals surface area contributed by atoms with E-state index in [2.05, 4.69) is 25.2 Å². The third-order valence-corrected chi connectivity index (χ3v) is 6.07. The highest BCUT2D eigenvalue weighted by Crippen LogP contribution is 2.29. The predicted octanol–water partition coefficient (Wildman–Crippen LogP) is 1.50. The predicted molar refractivity (Wildman–Crippen MR) is 114 cm³/mol. The van der Waals surface area contributed by atoms with Crippen molar-refractivity contribution in [3.8, 4) is 0 Å². The van der Waals surface area contributed by atoms with Gasteiger partial charge in [0.2, 0.25) is 11.8 Å². The van der Waals surface area contributed by atoms with Crippen molar-refractivity contribution in [3.63, 3.8) is 0 Å². The van der Waals surface area contributed by atoms with E-state index in [9.17, 15) is 9.59 Å². The first-order valence-corrected chi connectivity index (χ1v) is 10.7. The molecule has 2 amide bonds. The molecule has 0 unspecified atom stereocenters. The van der Waals surface area contributed by atoms with E-state index >= 15 is 0 Å². The van der Waals surface area contributed by atoms with Crippen LogP contribution < -0.4 is 10.2 Å². The Morgan fingerprint density at radius 3 is 2.67 bits per heavy atom. The van der Waals surface area contributed by atoms with Gasteiger partial charge in [0.25, 0.3) is 0 Å². The summed E-state index contributed by atoms with van der Waals surface area (Å²) in [5, 5.41) is 2.95. The van der Waals surface area contributed by atoms with Gasteiger partial charge in [-0.1, -0.05) is 5.57 Å². The maximum Gasteiger partial charge on any atom is 0.249 e. The molecule has 1 saturated heterocycles. The highest BCUT2D eigenvalue weighted by atomic mass is 16.2. The summed E-state index contributed by atoms with van der Waals surface area (Å²) in [6, 6.07) is 0. The van der Waals surface area contributed by atoms with Crippen molar-refractivity contribution in [1.82, 2.24) is 29.7 Å². The number of aromatic nitrogens is 4. The second kappa shape index (κ2) is 8.81. The normalized spacial score (nSPS) is 18.2. The van der Waals surface area contributed by atoms with Crippen LogP contribution in [0.15, 0.2) is 23.8 Å². The summed E-state index contributed by atoms with van der Waals surface area (Å²) in [5.41, 5.74) is 3.63. The Morgan fingerprint density at radius 2 is 1.93 bits per heavy atom. The molecule has 1 saturated carbocycles. The summed E-state index contributed by atoms with van der Waals surface area (Å²) >= 11 is 0. The van der Waals surface area contributed by atoms with E-state index in [1.54, 1.807) is 12.7 Å². The zero-order chi connectivity index (χ0) is 21.1. The molecular weight excluding hydrogens is 382 g/mol. The average molecular weight is 412 g/mol. The Morgan fingerprint density at radius 1 is 1.10 bits per heavy atom. The zero-order valence-corrected chi connectivity index (χ0v) is 17.7. The van der Waals surface area contributed by atoms with E-state index in [0.717, 1.165) is 48.4 Å². The lowest BCUT2D eigenvalue weighted by molar-refractivity contribution is -0.128. The molecule has 2 fully saturated rings. The second-order valence-electron chi connectivity index (χ2n) is 7.86. The van der Waals surface area contributed by atoms with E-state index in [1.165, 1.54) is 5.57 Å². The molecule has 0 aromatic carbocycles. The lowest BCUT2D eigenvalue weighted by Gasteiger charge is -2.31. The van der Waals surface area contributed by atoms with Crippen LogP contribution >= 0.6 is 0 Å². The highest BCUT2D eigenvalue weighted by Gasteiger charge is 2.24. The molecule has 9 heteroatoms. The summed E-state index contributed by atoms with van der Waals surface area (Å²) in [6.45, 7) is 7.44. The van der Waals surface area contributed by atoms with Gasteiger partial charge >= 0.3 is 0 Å². The minimum Gasteiger partial charge on any atom is -0.354 e. The van der Waals surface area contributed by atoms with E-state index < -0.39 is 0 Å². The van der Waals surface area contributed by atoms with Gasteiger partial charge in [-0.2, -0.15) is 0 Å². The third kappa shape index (κ3) is 4.01. The van der Waals surface area contributed by atoms with Gasteiger partial charge < -0.3 is 19.7 Å². The van der Waals surface area contributed by atoms with Crippen molar-refractivity contribution < 1.29 is 9.59 Å². The molecule has 2 aliphatic rings. The molecule has 9 nitrogen and oxygen atoms in total. The van der Waals surface area contributed by atoms with Crippen molar-refractivity contribution in [2.24, 2.45) is 0 Å². The average Bonchev–Trinajstić information content (AvgIpc) is 3.14. The topological polar surface area (TPSA) is 96.2 Å². The number of carbonyl (C=O) groups is 2. The quantitative estimate of drug-likeness (QED) is 0.769. The number of carbonyl (C=O) groups excluding carboxylic acids is 2. The van der Waals surface area contributed by atoms with Crippen LogP contribution in [-0.4, -0.2) is 69.0 Å². The van der Waals surface area contributed by atoms with Crippen molar-refractivity contribution in [2.45, 2.75) is 46.1 Å².